The smallest absolute Gasteiger partial charge is 0.287 e. The number of nitrogens with one attached hydrogen (secondary N) is 2. The van der Waals surface area contributed by atoms with Crippen molar-refractivity contribution >= 4 is 27.7 Å². The summed E-state index contributed by atoms with van der Waals surface area (Å²) in [7, 11) is -3.97. The lowest BCUT2D eigenvalue weighted by molar-refractivity contribution is -0.112. The third kappa shape index (κ3) is 4.51. The number of carbonyl (C=O) groups is 2. The maximum Gasteiger partial charge on any atom is 0.287 e. The van der Waals surface area contributed by atoms with E-state index in [1.54, 1.807) is 6.07 Å². The lowest BCUT2D eigenvalue weighted by Gasteiger charge is -2.13. The Morgan fingerprint density at radius 2 is 1.88 bits per heavy atom. The van der Waals surface area contributed by atoms with Crippen molar-refractivity contribution in [1.82, 2.24) is 9.62 Å². The highest BCUT2D eigenvalue weighted by Crippen LogP contribution is 2.33. The van der Waals surface area contributed by atoms with Gasteiger partial charge in [0.2, 0.25) is 11.0 Å². The highest BCUT2D eigenvalue weighted by atomic mass is 32.2. The summed E-state index contributed by atoms with van der Waals surface area (Å²) >= 11 is 0. The summed E-state index contributed by atoms with van der Waals surface area (Å²) in [6.45, 7) is 3.80. The van der Waals surface area contributed by atoms with Crippen LogP contribution in [0.3, 0.4) is 0 Å². The largest absolute Gasteiger partial charge is 0.444 e. The van der Waals surface area contributed by atoms with Crippen molar-refractivity contribution in [2.75, 3.05) is 11.9 Å². The minimum atomic E-state index is -3.97. The van der Waals surface area contributed by atoms with Crippen molar-refractivity contribution in [3.63, 3.8) is 0 Å². The predicted octanol–water partition coefficient (Wildman–Crippen LogP) is 2.67. The topological polar surface area (TPSA) is 122 Å². The van der Waals surface area contributed by atoms with Crippen molar-refractivity contribution < 1.29 is 26.8 Å². The SMILES string of the molecule is C=CC(=O)Nc1cc2c(o1)CN(S(=O)(=O)c1ccc(C(=O)NCCc3ccccc3)o1)C2. The molecule has 166 valence electrons. The van der Waals surface area contributed by atoms with Gasteiger partial charge in [-0.3, -0.25) is 14.9 Å². The summed E-state index contributed by atoms with van der Waals surface area (Å²) in [5.74, 6) is -0.338. The number of carbonyl (C=O) groups excluding carboxylic acids is 2. The highest BCUT2D eigenvalue weighted by molar-refractivity contribution is 7.89. The molecule has 10 heteroatoms. The van der Waals surface area contributed by atoms with Crippen LogP contribution in [0.4, 0.5) is 5.88 Å². The maximum atomic E-state index is 12.9. The van der Waals surface area contributed by atoms with E-state index in [2.05, 4.69) is 17.2 Å². The molecule has 0 saturated carbocycles. The van der Waals surface area contributed by atoms with Crippen molar-refractivity contribution in [2.24, 2.45) is 0 Å². The first-order valence-corrected chi connectivity index (χ1v) is 11.3. The second-order valence-electron chi connectivity index (χ2n) is 7.14. The van der Waals surface area contributed by atoms with Gasteiger partial charge < -0.3 is 14.2 Å². The molecule has 0 atom stereocenters. The first kappa shape index (κ1) is 21.6. The van der Waals surface area contributed by atoms with Gasteiger partial charge in [-0.2, -0.15) is 4.31 Å². The van der Waals surface area contributed by atoms with Crippen LogP contribution in [0.1, 0.15) is 27.4 Å². The van der Waals surface area contributed by atoms with Gasteiger partial charge in [-0.05, 0) is 30.2 Å². The fourth-order valence-corrected chi connectivity index (χ4v) is 4.59. The number of furan rings is 2. The average molecular weight is 455 g/mol. The molecule has 3 aromatic rings. The monoisotopic (exact) mass is 455 g/mol. The predicted molar refractivity (Wildman–Crippen MR) is 115 cm³/mol. The molecule has 4 rings (SSSR count). The molecule has 0 saturated heterocycles. The maximum absolute atomic E-state index is 12.9. The Bertz CT molecular complexity index is 1240. The summed E-state index contributed by atoms with van der Waals surface area (Å²) in [4.78, 5) is 23.7. The van der Waals surface area contributed by atoms with E-state index in [1.165, 1.54) is 16.4 Å². The minimum absolute atomic E-state index is 0.0130. The van der Waals surface area contributed by atoms with E-state index < -0.39 is 21.8 Å². The van der Waals surface area contributed by atoms with Gasteiger partial charge in [0.1, 0.15) is 5.76 Å². The molecule has 2 N–H and O–H groups in total. The van der Waals surface area contributed by atoms with Gasteiger partial charge in [0.25, 0.3) is 15.9 Å². The molecule has 0 aliphatic carbocycles. The molecule has 9 nitrogen and oxygen atoms in total. The Hall–Kier alpha value is -3.63. The van der Waals surface area contributed by atoms with Gasteiger partial charge in [-0.15, -0.1) is 0 Å². The third-order valence-electron chi connectivity index (χ3n) is 4.94. The first-order chi connectivity index (χ1) is 15.4. The van der Waals surface area contributed by atoms with Crippen LogP contribution < -0.4 is 10.6 Å². The van der Waals surface area contributed by atoms with Crippen LogP contribution in [0.2, 0.25) is 0 Å². The second kappa shape index (κ2) is 8.85. The first-order valence-electron chi connectivity index (χ1n) is 9.84. The molecular formula is C22H21N3O6S. The summed E-state index contributed by atoms with van der Waals surface area (Å²) < 4.78 is 37.9. The molecule has 1 aliphatic heterocycles. The molecule has 2 aromatic heterocycles. The summed E-state index contributed by atoms with van der Waals surface area (Å²) in [6.07, 6.45) is 1.75. The normalized spacial score (nSPS) is 13.5. The zero-order chi connectivity index (χ0) is 22.7. The van der Waals surface area contributed by atoms with Crippen LogP contribution >= 0.6 is 0 Å². The number of amides is 2. The highest BCUT2D eigenvalue weighted by Gasteiger charge is 2.35. The molecule has 0 bridgehead atoms. The van der Waals surface area contributed by atoms with Gasteiger partial charge in [0.05, 0.1) is 6.54 Å². The van der Waals surface area contributed by atoms with Gasteiger partial charge >= 0.3 is 0 Å². The number of sulfonamides is 1. The van der Waals surface area contributed by atoms with E-state index >= 15 is 0 Å². The number of anilines is 1. The summed E-state index contributed by atoms with van der Waals surface area (Å²) in [6, 6.07) is 13.8. The molecule has 0 fully saturated rings. The number of fused-ring (bicyclic) bond motifs is 1. The molecule has 1 aliphatic rings. The molecule has 2 amide bonds. The number of hydrogen-bond donors (Lipinski definition) is 2. The zero-order valence-electron chi connectivity index (χ0n) is 17.0. The fraction of sp³-hybridized carbons (Fsp3) is 0.182. The van der Waals surface area contributed by atoms with Crippen LogP contribution in [-0.4, -0.2) is 31.1 Å². The Morgan fingerprint density at radius 1 is 1.09 bits per heavy atom. The van der Waals surface area contributed by atoms with Crippen molar-refractivity contribution in [3.8, 4) is 0 Å². The molecule has 3 heterocycles. The van der Waals surface area contributed by atoms with Crippen LogP contribution in [0.5, 0.6) is 0 Å². The quantitative estimate of drug-likeness (QED) is 0.504. The van der Waals surface area contributed by atoms with Crippen molar-refractivity contribution in [1.29, 1.82) is 0 Å². The van der Waals surface area contributed by atoms with Crippen LogP contribution in [0.15, 0.2) is 75.1 Å². The minimum Gasteiger partial charge on any atom is -0.444 e. The van der Waals surface area contributed by atoms with Crippen LogP contribution in [0, 0.1) is 0 Å². The number of rotatable bonds is 8. The van der Waals surface area contributed by atoms with Gasteiger partial charge in [-0.1, -0.05) is 36.9 Å². The van der Waals surface area contributed by atoms with Crippen molar-refractivity contribution in [2.45, 2.75) is 24.6 Å². The zero-order valence-corrected chi connectivity index (χ0v) is 17.9. The molecule has 0 radical (unpaired) electrons. The number of benzene rings is 1. The van der Waals surface area contributed by atoms with E-state index in [1.807, 2.05) is 30.3 Å². The fourth-order valence-electron chi connectivity index (χ4n) is 3.30. The van der Waals surface area contributed by atoms with E-state index in [-0.39, 0.29) is 29.8 Å². The van der Waals surface area contributed by atoms with Gasteiger partial charge in [-0.25, -0.2) is 8.42 Å². The molecular weight excluding hydrogens is 434 g/mol. The summed E-state index contributed by atoms with van der Waals surface area (Å²) in [5, 5.41) is 4.89. The van der Waals surface area contributed by atoms with E-state index in [9.17, 15) is 18.0 Å². The second-order valence-corrected chi connectivity index (χ2v) is 9.00. The average Bonchev–Trinajstić information content (AvgIpc) is 3.50. The van der Waals surface area contributed by atoms with E-state index in [0.29, 0.717) is 24.3 Å². The molecule has 0 unspecified atom stereocenters. The lowest BCUT2D eigenvalue weighted by Crippen LogP contribution is -2.26. The summed E-state index contributed by atoms with van der Waals surface area (Å²) in [5.41, 5.74) is 1.71. The van der Waals surface area contributed by atoms with Gasteiger partial charge in [0, 0.05) is 24.7 Å². The molecule has 1 aromatic carbocycles. The van der Waals surface area contributed by atoms with E-state index in [4.69, 9.17) is 8.83 Å². The van der Waals surface area contributed by atoms with Crippen LogP contribution in [-0.2, 0) is 34.3 Å². The standard InChI is InChI=1S/C22H21N3O6S/c1-2-19(26)24-20-12-16-13-25(14-18(16)30-20)32(28,29)21-9-8-17(31-21)22(27)23-11-10-15-6-4-3-5-7-15/h2-9,12H,1,10-11,13-14H2,(H,23,27)(H,24,26). The Balaban J connectivity index is 1.37. The lowest BCUT2D eigenvalue weighted by atomic mass is 10.1. The molecule has 0 spiro atoms. The number of hydrogen-bond acceptors (Lipinski definition) is 6. The van der Waals surface area contributed by atoms with E-state index in [0.717, 1.165) is 11.6 Å². The Labute approximate surface area is 184 Å². The molecule has 32 heavy (non-hydrogen) atoms. The van der Waals surface area contributed by atoms with Crippen molar-refractivity contribution in [3.05, 3.63) is 83.8 Å². The Morgan fingerprint density at radius 3 is 2.59 bits per heavy atom. The number of nitrogens with zero attached hydrogens (tertiary/aromatic N) is 1. The Kier molecular flexibility index (Phi) is 5.97. The third-order valence-corrected chi connectivity index (χ3v) is 6.60. The van der Waals surface area contributed by atoms with Gasteiger partial charge in [0.15, 0.2) is 11.6 Å². The van der Waals surface area contributed by atoms with Crippen LogP contribution in [0.25, 0.3) is 0 Å².